The van der Waals surface area contributed by atoms with E-state index >= 15 is 0 Å². The van der Waals surface area contributed by atoms with Gasteiger partial charge in [0.1, 0.15) is 0 Å². The van der Waals surface area contributed by atoms with Gasteiger partial charge in [0.2, 0.25) is 0 Å². The molecule has 15 rings (SSSR count). The molecule has 0 amide bonds. The molecule has 1 aromatic heterocycles. The van der Waals surface area contributed by atoms with E-state index in [4.69, 9.17) is 0 Å². The lowest BCUT2D eigenvalue weighted by Gasteiger charge is -2.61. The molecule has 5 aliphatic rings. The number of anilines is 3. The summed E-state index contributed by atoms with van der Waals surface area (Å²) in [6, 6.07) is 81.9. The first-order chi connectivity index (χ1) is 32.7. The zero-order chi connectivity index (χ0) is 43.3. The molecule has 5 aliphatic carbocycles. The normalized spacial score (nSPS) is 21.1. The second kappa shape index (κ2) is 14.8. The van der Waals surface area contributed by atoms with E-state index in [9.17, 15) is 0 Å². The summed E-state index contributed by atoms with van der Waals surface area (Å²) in [5.41, 5.74) is 20.4. The minimum atomic E-state index is 0.103. The fourth-order valence-corrected chi connectivity index (χ4v) is 14.2. The van der Waals surface area contributed by atoms with Crippen molar-refractivity contribution in [2.24, 2.45) is 23.7 Å². The van der Waals surface area contributed by atoms with Gasteiger partial charge in [-0.2, -0.15) is 0 Å². The summed E-state index contributed by atoms with van der Waals surface area (Å²) in [6.07, 6.45) is 6.96. The molecule has 1 spiro atoms. The highest BCUT2D eigenvalue weighted by atomic mass is 15.2. The van der Waals surface area contributed by atoms with E-state index in [-0.39, 0.29) is 5.41 Å². The van der Waals surface area contributed by atoms with Gasteiger partial charge < -0.3 is 9.47 Å². The molecule has 0 atom stereocenters. The molecule has 4 saturated carbocycles. The Labute approximate surface area is 387 Å². The Balaban J connectivity index is 1.04. The van der Waals surface area contributed by atoms with Crippen LogP contribution < -0.4 is 4.90 Å². The fourth-order valence-electron chi connectivity index (χ4n) is 14.2. The number of hydrogen-bond donors (Lipinski definition) is 0. The Kier molecular flexibility index (Phi) is 8.50. The maximum Gasteiger partial charge on any atom is 0.0782 e. The molecule has 1 heterocycles. The zero-order valence-electron chi connectivity index (χ0n) is 37.0. The standard InChI is InChI=1S/C64H50N2/c1-3-18-44(19-4-1)49-22-7-8-23-50(49)51-24-9-10-25-52(51)54-27-12-15-31-60(54)65(62-33-17-29-56-55-28-13-16-32-61(55)66(63(56)62)47-20-5-2-6-21-47)48-34-35-59-57(41-48)53-26-11-14-30-58(53)64(59)45-37-42-36-43(39-45)40-46(64)38-42/h1-35,41-43,45-46H,36-40H2. The third-order valence-corrected chi connectivity index (χ3v) is 16.4. The third kappa shape index (κ3) is 5.48. The van der Waals surface area contributed by atoms with Crippen LogP contribution >= 0.6 is 0 Å². The summed E-state index contributed by atoms with van der Waals surface area (Å²) in [4.78, 5) is 2.60. The molecule has 0 aliphatic heterocycles. The largest absolute Gasteiger partial charge is 0.308 e. The Bertz CT molecular complexity index is 3480. The van der Waals surface area contributed by atoms with Gasteiger partial charge in [0.15, 0.2) is 0 Å². The number of hydrogen-bond acceptors (Lipinski definition) is 1. The van der Waals surface area contributed by atoms with Crippen LogP contribution in [0.2, 0.25) is 0 Å². The van der Waals surface area contributed by atoms with Crippen molar-refractivity contribution >= 4 is 38.9 Å². The van der Waals surface area contributed by atoms with Crippen LogP contribution in [0, 0.1) is 23.7 Å². The van der Waals surface area contributed by atoms with Crippen LogP contribution in [-0.2, 0) is 5.41 Å². The monoisotopic (exact) mass is 846 g/mol. The first kappa shape index (κ1) is 37.9. The van der Waals surface area contributed by atoms with Crippen LogP contribution in [0.1, 0.15) is 43.2 Å². The van der Waals surface area contributed by atoms with Crippen molar-refractivity contribution in [1.82, 2.24) is 4.57 Å². The minimum absolute atomic E-state index is 0.103. The number of rotatable bonds is 7. The van der Waals surface area contributed by atoms with Crippen molar-refractivity contribution < 1.29 is 0 Å². The summed E-state index contributed by atoms with van der Waals surface area (Å²) in [6.45, 7) is 0. The molecule has 0 saturated heterocycles. The van der Waals surface area contributed by atoms with Crippen molar-refractivity contribution in [2.75, 3.05) is 4.90 Å². The van der Waals surface area contributed by atoms with Gasteiger partial charge in [-0.25, -0.2) is 0 Å². The van der Waals surface area contributed by atoms with Crippen LogP contribution in [0.3, 0.4) is 0 Å². The van der Waals surface area contributed by atoms with E-state index in [0.717, 1.165) is 28.9 Å². The molecule has 4 fully saturated rings. The van der Waals surface area contributed by atoms with Crippen molar-refractivity contribution in [1.29, 1.82) is 0 Å². The molecule has 2 nitrogen and oxygen atoms in total. The van der Waals surface area contributed by atoms with E-state index in [1.54, 1.807) is 11.1 Å². The predicted octanol–water partition coefficient (Wildman–Crippen LogP) is 17.0. The summed E-state index contributed by atoms with van der Waals surface area (Å²) < 4.78 is 2.49. The number of aromatic nitrogens is 1. The van der Waals surface area contributed by atoms with Gasteiger partial charge in [0.05, 0.1) is 22.4 Å². The van der Waals surface area contributed by atoms with E-state index < -0.39 is 0 Å². The van der Waals surface area contributed by atoms with Gasteiger partial charge >= 0.3 is 0 Å². The summed E-state index contributed by atoms with van der Waals surface area (Å²) >= 11 is 0. The van der Waals surface area contributed by atoms with Crippen LogP contribution in [0.5, 0.6) is 0 Å². The highest BCUT2D eigenvalue weighted by Crippen LogP contribution is 2.69. The van der Waals surface area contributed by atoms with Crippen molar-refractivity contribution in [3.63, 3.8) is 0 Å². The van der Waals surface area contributed by atoms with Gasteiger partial charge in [0, 0.05) is 33.1 Å². The highest BCUT2D eigenvalue weighted by molar-refractivity contribution is 6.15. The quantitative estimate of drug-likeness (QED) is 0.155. The Morgan fingerprint density at radius 1 is 0.379 bits per heavy atom. The van der Waals surface area contributed by atoms with Crippen LogP contribution in [0.4, 0.5) is 17.1 Å². The Morgan fingerprint density at radius 2 is 0.909 bits per heavy atom. The van der Waals surface area contributed by atoms with E-state index in [1.807, 2.05) is 0 Å². The molecular formula is C64H50N2. The molecule has 9 aromatic carbocycles. The van der Waals surface area contributed by atoms with E-state index in [1.165, 1.54) is 104 Å². The van der Waals surface area contributed by atoms with Crippen LogP contribution in [-0.4, -0.2) is 4.57 Å². The highest BCUT2D eigenvalue weighted by Gasteiger charge is 2.61. The molecule has 0 N–H and O–H groups in total. The average molecular weight is 847 g/mol. The average Bonchev–Trinajstić information content (AvgIpc) is 3.87. The molecule has 2 heteroatoms. The van der Waals surface area contributed by atoms with E-state index in [2.05, 4.69) is 228 Å². The van der Waals surface area contributed by atoms with Crippen molar-refractivity contribution in [3.8, 4) is 50.2 Å². The van der Waals surface area contributed by atoms with Gasteiger partial charge in [-0.3, -0.25) is 0 Å². The minimum Gasteiger partial charge on any atom is -0.308 e. The van der Waals surface area contributed by atoms with Crippen LogP contribution in [0.15, 0.2) is 218 Å². The summed E-state index contributed by atoms with van der Waals surface area (Å²) in [5.74, 6) is 3.23. The first-order valence-electron chi connectivity index (χ1n) is 24.2. The first-order valence-corrected chi connectivity index (χ1v) is 24.2. The summed E-state index contributed by atoms with van der Waals surface area (Å²) in [7, 11) is 0. The lowest BCUT2D eigenvalue weighted by molar-refractivity contribution is -0.0399. The molecule has 316 valence electrons. The molecule has 0 radical (unpaired) electrons. The molecule has 4 bridgehead atoms. The van der Waals surface area contributed by atoms with Gasteiger partial charge in [-0.15, -0.1) is 0 Å². The lowest BCUT2D eigenvalue weighted by Crippen LogP contribution is -2.55. The SMILES string of the molecule is c1ccc(-c2ccccc2-c2ccccc2-c2ccccc2N(c2ccc3c(c2)-c2ccccc2C32C3CC4CC(C3)CC2C4)c2cccc3c4ccccc4n(-c4ccccc4)c23)cc1. The third-order valence-electron chi connectivity index (χ3n) is 16.4. The summed E-state index contributed by atoms with van der Waals surface area (Å²) in [5, 5.41) is 2.49. The molecule has 10 aromatic rings. The number of nitrogens with zero attached hydrogens (tertiary/aromatic N) is 2. The predicted molar refractivity (Wildman–Crippen MR) is 275 cm³/mol. The van der Waals surface area contributed by atoms with Gasteiger partial charge in [-0.1, -0.05) is 176 Å². The number of para-hydroxylation sites is 4. The molecular weight excluding hydrogens is 797 g/mol. The second-order valence-electron chi connectivity index (χ2n) is 19.6. The fraction of sp³-hybridized carbons (Fsp3) is 0.156. The topological polar surface area (TPSA) is 8.17 Å². The Hall–Kier alpha value is -7.42. The van der Waals surface area contributed by atoms with Gasteiger partial charge in [0.25, 0.3) is 0 Å². The van der Waals surface area contributed by atoms with Crippen molar-refractivity contribution in [3.05, 3.63) is 230 Å². The van der Waals surface area contributed by atoms with Gasteiger partial charge in [-0.05, 0) is 148 Å². The smallest absolute Gasteiger partial charge is 0.0782 e. The van der Waals surface area contributed by atoms with Crippen LogP contribution in [0.25, 0.3) is 72.0 Å². The van der Waals surface area contributed by atoms with Crippen molar-refractivity contribution in [2.45, 2.75) is 37.5 Å². The molecule has 0 unspecified atom stereocenters. The molecule has 66 heavy (non-hydrogen) atoms. The number of benzene rings is 9. The lowest BCUT2D eigenvalue weighted by atomic mass is 9.43. The maximum absolute atomic E-state index is 2.60. The number of fused-ring (bicyclic) bond motifs is 6. The zero-order valence-corrected chi connectivity index (χ0v) is 37.0. The second-order valence-corrected chi connectivity index (χ2v) is 19.6. The van der Waals surface area contributed by atoms with E-state index in [0.29, 0.717) is 11.8 Å². The maximum atomic E-state index is 2.60. The Morgan fingerprint density at radius 3 is 1.65 bits per heavy atom.